The lowest BCUT2D eigenvalue weighted by Gasteiger charge is -2.34. The van der Waals surface area contributed by atoms with E-state index in [1.807, 2.05) is 0 Å². The van der Waals surface area contributed by atoms with Crippen molar-refractivity contribution in [3.63, 3.8) is 0 Å². The quantitative estimate of drug-likeness (QED) is 0.622. The highest BCUT2D eigenvalue weighted by Crippen LogP contribution is 2.39. The molecule has 0 saturated carbocycles. The summed E-state index contributed by atoms with van der Waals surface area (Å²) >= 11 is 3.94. The van der Waals surface area contributed by atoms with Gasteiger partial charge in [-0.15, -0.1) is 0 Å². The van der Waals surface area contributed by atoms with E-state index in [-0.39, 0.29) is 6.15 Å². The van der Waals surface area contributed by atoms with Gasteiger partial charge in [0.1, 0.15) is 0 Å². The minimum Gasteiger partial charge on any atom is -0.344 e. The Morgan fingerprint density at radius 1 is 1.07 bits per heavy atom. The maximum atomic E-state index is 3.94. The molecular formula is C12H28BrN. The van der Waals surface area contributed by atoms with Crippen molar-refractivity contribution < 1.29 is 0 Å². The average molecular weight is 266 g/mol. The topological polar surface area (TPSA) is 35.0 Å². The first kappa shape index (κ1) is 16.9. The summed E-state index contributed by atoms with van der Waals surface area (Å²) in [5, 5.41) is 0. The molecule has 0 aromatic heterocycles. The molecule has 0 rings (SSSR count). The van der Waals surface area contributed by atoms with E-state index >= 15 is 0 Å². The Labute approximate surface area is 98.8 Å². The maximum absolute atomic E-state index is 3.94. The molecule has 0 aliphatic carbocycles. The fourth-order valence-corrected chi connectivity index (χ4v) is 2.66. The second kappa shape index (κ2) is 8.72. The largest absolute Gasteiger partial charge is 0.344 e. The molecule has 1 atom stereocenters. The summed E-state index contributed by atoms with van der Waals surface area (Å²) in [6.45, 7) is 9.20. The second-order valence-corrected chi connectivity index (χ2v) is 5.57. The summed E-state index contributed by atoms with van der Waals surface area (Å²) < 4.78 is 0.414. The number of alkyl halides is 1. The van der Waals surface area contributed by atoms with Gasteiger partial charge in [0, 0.05) is 4.32 Å². The monoisotopic (exact) mass is 265 g/mol. The normalized spacial score (nSPS) is 13.5. The summed E-state index contributed by atoms with van der Waals surface area (Å²) in [5.41, 5.74) is 0. The molecule has 0 fully saturated rings. The summed E-state index contributed by atoms with van der Waals surface area (Å²) in [6.07, 6.45) is 7.92. The number of hydrogen-bond acceptors (Lipinski definition) is 1. The first-order chi connectivity index (χ1) is 6.14. The summed E-state index contributed by atoms with van der Waals surface area (Å²) in [7, 11) is 0. The van der Waals surface area contributed by atoms with Crippen molar-refractivity contribution >= 4 is 15.9 Å². The van der Waals surface area contributed by atoms with Crippen LogP contribution in [0.15, 0.2) is 0 Å². The van der Waals surface area contributed by atoms with E-state index in [4.69, 9.17) is 0 Å². The summed E-state index contributed by atoms with van der Waals surface area (Å²) in [6, 6.07) is 0. The van der Waals surface area contributed by atoms with Crippen molar-refractivity contribution in [3.8, 4) is 0 Å². The zero-order valence-corrected chi connectivity index (χ0v) is 12.0. The molecule has 0 aliphatic rings. The SMILES string of the molecule is CCCCC(CC)C(Br)(CC)CC.N. The molecule has 0 aromatic rings. The standard InChI is InChI=1S/C12H25Br.H3N/c1-5-9-10-11(6-2)12(13,7-3)8-4;/h11H,5-10H2,1-4H3;1H3. The Kier molecular flexibility index (Phi) is 10.5. The molecule has 0 bridgehead atoms. The molecule has 3 N–H and O–H groups in total. The number of halogens is 1. The van der Waals surface area contributed by atoms with Crippen LogP contribution in [0.5, 0.6) is 0 Å². The lowest BCUT2D eigenvalue weighted by atomic mass is 9.82. The van der Waals surface area contributed by atoms with Gasteiger partial charge in [0.15, 0.2) is 0 Å². The highest BCUT2D eigenvalue weighted by atomic mass is 79.9. The third kappa shape index (κ3) is 4.79. The predicted molar refractivity (Wildman–Crippen MR) is 70.6 cm³/mol. The van der Waals surface area contributed by atoms with Gasteiger partial charge in [-0.3, -0.25) is 0 Å². The molecule has 14 heavy (non-hydrogen) atoms. The lowest BCUT2D eigenvalue weighted by Crippen LogP contribution is -2.29. The van der Waals surface area contributed by atoms with Crippen LogP contribution in [0.3, 0.4) is 0 Å². The average Bonchev–Trinajstić information content (AvgIpc) is 2.18. The molecule has 88 valence electrons. The lowest BCUT2D eigenvalue weighted by molar-refractivity contribution is 0.324. The Hall–Kier alpha value is 0.440. The summed E-state index contributed by atoms with van der Waals surface area (Å²) in [5.74, 6) is 0.863. The van der Waals surface area contributed by atoms with Crippen LogP contribution in [0.1, 0.15) is 66.2 Å². The molecule has 2 heteroatoms. The maximum Gasteiger partial charge on any atom is 0.0280 e. The number of hydrogen-bond donors (Lipinski definition) is 1. The highest BCUT2D eigenvalue weighted by molar-refractivity contribution is 9.10. The van der Waals surface area contributed by atoms with E-state index in [1.54, 1.807) is 0 Å². The van der Waals surface area contributed by atoms with E-state index in [0.717, 1.165) is 5.92 Å². The van der Waals surface area contributed by atoms with Crippen molar-refractivity contribution in [1.82, 2.24) is 6.15 Å². The van der Waals surface area contributed by atoms with Crippen LogP contribution in [0.4, 0.5) is 0 Å². The van der Waals surface area contributed by atoms with Gasteiger partial charge in [0.25, 0.3) is 0 Å². The van der Waals surface area contributed by atoms with Crippen molar-refractivity contribution in [3.05, 3.63) is 0 Å². The third-order valence-corrected chi connectivity index (χ3v) is 5.08. The Bertz CT molecular complexity index is 121. The molecule has 1 unspecified atom stereocenters. The molecule has 0 radical (unpaired) electrons. The van der Waals surface area contributed by atoms with Crippen LogP contribution < -0.4 is 6.15 Å². The van der Waals surface area contributed by atoms with Crippen molar-refractivity contribution in [2.45, 2.75) is 70.5 Å². The third-order valence-electron chi connectivity index (χ3n) is 3.31. The van der Waals surface area contributed by atoms with Crippen LogP contribution in [-0.2, 0) is 0 Å². The molecule has 0 heterocycles. The van der Waals surface area contributed by atoms with E-state index in [9.17, 15) is 0 Å². The molecular weight excluding hydrogens is 238 g/mol. The molecule has 1 nitrogen and oxygen atoms in total. The Morgan fingerprint density at radius 2 is 1.57 bits per heavy atom. The fourth-order valence-electron chi connectivity index (χ4n) is 2.11. The minimum atomic E-state index is 0. The van der Waals surface area contributed by atoms with Crippen molar-refractivity contribution in [1.29, 1.82) is 0 Å². The first-order valence-corrected chi connectivity index (χ1v) is 6.62. The molecule has 0 spiro atoms. The van der Waals surface area contributed by atoms with E-state index in [0.29, 0.717) is 4.32 Å². The first-order valence-electron chi connectivity index (χ1n) is 5.83. The molecule has 0 saturated heterocycles. The van der Waals surface area contributed by atoms with Gasteiger partial charge in [0.2, 0.25) is 0 Å². The second-order valence-electron chi connectivity index (χ2n) is 3.99. The zero-order chi connectivity index (χ0) is 10.3. The predicted octanol–water partition coefficient (Wildman–Crippen LogP) is 5.32. The van der Waals surface area contributed by atoms with Gasteiger partial charge in [0.05, 0.1) is 0 Å². The van der Waals surface area contributed by atoms with Gasteiger partial charge < -0.3 is 6.15 Å². The zero-order valence-electron chi connectivity index (χ0n) is 10.4. The Balaban J connectivity index is 0. The van der Waals surface area contributed by atoms with E-state index in [1.165, 1.54) is 38.5 Å². The van der Waals surface area contributed by atoms with Crippen molar-refractivity contribution in [2.75, 3.05) is 0 Å². The Morgan fingerprint density at radius 3 is 1.86 bits per heavy atom. The van der Waals surface area contributed by atoms with Gasteiger partial charge in [-0.25, -0.2) is 0 Å². The van der Waals surface area contributed by atoms with Crippen LogP contribution in [0.25, 0.3) is 0 Å². The molecule has 0 aromatic carbocycles. The fraction of sp³-hybridized carbons (Fsp3) is 1.00. The number of rotatable bonds is 7. The van der Waals surface area contributed by atoms with Crippen LogP contribution >= 0.6 is 15.9 Å². The van der Waals surface area contributed by atoms with Gasteiger partial charge in [-0.1, -0.05) is 62.9 Å². The van der Waals surface area contributed by atoms with Gasteiger partial charge in [-0.2, -0.15) is 0 Å². The van der Waals surface area contributed by atoms with Crippen LogP contribution in [-0.4, -0.2) is 4.32 Å². The van der Waals surface area contributed by atoms with Gasteiger partial charge >= 0.3 is 0 Å². The van der Waals surface area contributed by atoms with E-state index in [2.05, 4.69) is 43.6 Å². The summed E-state index contributed by atoms with van der Waals surface area (Å²) in [4.78, 5) is 0. The molecule has 0 aliphatic heterocycles. The number of unbranched alkanes of at least 4 members (excludes halogenated alkanes) is 1. The van der Waals surface area contributed by atoms with Gasteiger partial charge in [-0.05, 0) is 25.2 Å². The van der Waals surface area contributed by atoms with Crippen LogP contribution in [0, 0.1) is 5.92 Å². The van der Waals surface area contributed by atoms with Crippen LogP contribution in [0.2, 0.25) is 0 Å². The van der Waals surface area contributed by atoms with Crippen molar-refractivity contribution in [2.24, 2.45) is 5.92 Å². The molecule has 0 amide bonds. The highest BCUT2D eigenvalue weighted by Gasteiger charge is 2.30. The minimum absolute atomic E-state index is 0. The smallest absolute Gasteiger partial charge is 0.0280 e. The van der Waals surface area contributed by atoms with E-state index < -0.39 is 0 Å².